The van der Waals surface area contributed by atoms with Gasteiger partial charge in [-0.05, 0) is 152 Å². The molecule has 5 aliphatic carbocycles. The van der Waals surface area contributed by atoms with Gasteiger partial charge in [0.1, 0.15) is 0 Å². The fourth-order valence-electron chi connectivity index (χ4n) is 14.1. The summed E-state index contributed by atoms with van der Waals surface area (Å²) in [4.78, 5) is 30.1. The van der Waals surface area contributed by atoms with Crippen molar-refractivity contribution >= 4 is 17.6 Å². The molecule has 0 aromatic heterocycles. The lowest BCUT2D eigenvalue weighted by Crippen LogP contribution is -2.68. The maximum Gasteiger partial charge on any atom is 0.335 e. The van der Waals surface area contributed by atoms with Gasteiger partial charge >= 0.3 is 12.0 Å². The molecule has 7 nitrogen and oxygen atoms in total. The minimum absolute atomic E-state index is 0.0121. The summed E-state index contributed by atoms with van der Waals surface area (Å²) in [7, 11) is 0. The van der Waals surface area contributed by atoms with Gasteiger partial charge in [0, 0.05) is 31.7 Å². The summed E-state index contributed by atoms with van der Waals surface area (Å²) in [6.45, 7) is 23.8. The molecule has 1 heterocycles. The zero-order chi connectivity index (χ0) is 36.6. The van der Waals surface area contributed by atoms with Crippen LogP contribution in [0.25, 0.3) is 5.57 Å². The molecule has 1 saturated heterocycles. The van der Waals surface area contributed by atoms with E-state index in [4.69, 9.17) is 0 Å². The number of carboxylic acid groups (broad SMARTS) is 1. The summed E-state index contributed by atoms with van der Waals surface area (Å²) in [5.41, 5.74) is 4.59. The van der Waals surface area contributed by atoms with Gasteiger partial charge in [-0.15, -0.1) is 0 Å². The Balaban J connectivity index is 1.16. The van der Waals surface area contributed by atoms with E-state index >= 15 is 0 Å². The Kier molecular flexibility index (Phi) is 9.38. The second kappa shape index (κ2) is 13.0. The van der Waals surface area contributed by atoms with E-state index in [0.29, 0.717) is 41.7 Å². The Hall–Kier alpha value is -2.64. The third kappa shape index (κ3) is 5.65. The minimum Gasteiger partial charge on any atom is -0.478 e. The third-order valence-electron chi connectivity index (χ3n) is 16.7. The van der Waals surface area contributed by atoms with Gasteiger partial charge in [-0.3, -0.25) is 4.90 Å². The molecule has 4 saturated carbocycles. The highest BCUT2D eigenvalue weighted by Crippen LogP contribution is 2.76. The normalized spacial score (nSPS) is 40.5. The number of hydrogen-bond acceptors (Lipinski definition) is 4. The number of carbonyl (C=O) groups excluding carboxylic acids is 1. The molecule has 51 heavy (non-hydrogen) atoms. The van der Waals surface area contributed by atoms with Crippen LogP contribution >= 0.6 is 0 Å². The van der Waals surface area contributed by atoms with Gasteiger partial charge in [-0.1, -0.05) is 65.0 Å². The first-order valence-corrected chi connectivity index (χ1v) is 20.2. The molecular weight excluding hydrogens is 635 g/mol. The minimum atomic E-state index is -0.875. The number of allylic oxidation sites excluding steroid dienone is 3. The van der Waals surface area contributed by atoms with Crippen molar-refractivity contribution in [1.82, 2.24) is 15.1 Å². The summed E-state index contributed by atoms with van der Waals surface area (Å²) in [5, 5.41) is 22.8. The number of benzene rings is 1. The average Bonchev–Trinajstić information content (AvgIpc) is 3.29. The van der Waals surface area contributed by atoms with Crippen LogP contribution in [0.15, 0.2) is 42.5 Å². The number of nitrogens with zero attached hydrogens (tertiary/aromatic N) is 2. The van der Waals surface area contributed by atoms with Crippen LogP contribution in [0.1, 0.15) is 122 Å². The molecule has 7 heteroatoms. The van der Waals surface area contributed by atoms with Gasteiger partial charge in [0.15, 0.2) is 0 Å². The number of aliphatic hydroxyl groups is 1. The Morgan fingerprint density at radius 2 is 1.63 bits per heavy atom. The van der Waals surface area contributed by atoms with Crippen molar-refractivity contribution in [3.63, 3.8) is 0 Å². The molecule has 3 N–H and O–H groups in total. The first kappa shape index (κ1) is 36.7. The van der Waals surface area contributed by atoms with Crippen LogP contribution in [0.5, 0.6) is 0 Å². The molecule has 1 aliphatic heterocycles. The Morgan fingerprint density at radius 1 is 0.882 bits per heavy atom. The van der Waals surface area contributed by atoms with Crippen molar-refractivity contribution in [2.24, 2.45) is 51.2 Å². The van der Waals surface area contributed by atoms with E-state index in [0.717, 1.165) is 70.3 Å². The number of β-amino-alcohol motifs (C(OH)–C–C–N with tert-alkyl or cyclic N) is 1. The number of amides is 2. The monoisotopic (exact) mass is 699 g/mol. The number of nitrogens with one attached hydrogen (secondary N) is 1. The molecule has 1 aromatic rings. The predicted molar refractivity (Wildman–Crippen MR) is 204 cm³/mol. The van der Waals surface area contributed by atoms with Gasteiger partial charge in [-0.2, -0.15) is 0 Å². The van der Waals surface area contributed by atoms with Crippen molar-refractivity contribution in [2.45, 2.75) is 111 Å². The third-order valence-corrected chi connectivity index (χ3v) is 16.7. The molecule has 7 rings (SSSR count). The van der Waals surface area contributed by atoms with Crippen molar-refractivity contribution in [3.8, 4) is 0 Å². The van der Waals surface area contributed by atoms with Crippen molar-refractivity contribution in [2.75, 3.05) is 39.3 Å². The molecule has 6 aliphatic rings. The molecule has 280 valence electrons. The second-order valence-corrected chi connectivity index (χ2v) is 19.1. The number of fused-ring (bicyclic) bond motifs is 7. The standard InChI is InChI=1S/C44H65N3O4/c1-29(2)32-15-20-44(45-39(51)47-24-8-23-46(25-26-47)27-28-48)22-21-42(6)34(37(32)44)13-14-36-41(5)18-16-33(30-9-11-31(12-10-30)38(49)50)40(3,4)35(41)17-19-43(36,42)7/h9-12,16,32,34-37,48H,1,8,13-15,17-28H2,2-7H3,(H,45,51)(H,49,50)/t32-,34+,35-,36+,37+,41-,42+,43+,44-/m0/s1. The predicted octanol–water partition coefficient (Wildman–Crippen LogP) is 8.50. The molecule has 0 radical (unpaired) electrons. The molecule has 9 atom stereocenters. The van der Waals surface area contributed by atoms with Crippen LogP contribution in [0, 0.1) is 51.2 Å². The SMILES string of the molecule is C=C(C)[C@@H]1CC[C@]2(NC(=O)N3CCCN(CCO)CC3)CC[C@]3(C)[C@H](CC[C@@H]4[C@@]5(C)CC=C(c6ccc(C(=O)O)cc6)C(C)(C)[C@@H]5CC[C@]43C)[C@@H]12. The average molecular weight is 700 g/mol. The van der Waals surface area contributed by atoms with Crippen LogP contribution in [0.2, 0.25) is 0 Å². The van der Waals surface area contributed by atoms with Gasteiger partial charge < -0.3 is 20.4 Å². The number of carbonyl (C=O) groups is 2. The molecule has 1 aromatic carbocycles. The van der Waals surface area contributed by atoms with Gasteiger partial charge in [0.2, 0.25) is 0 Å². The van der Waals surface area contributed by atoms with E-state index in [2.05, 4.69) is 69.3 Å². The molecule has 0 spiro atoms. The van der Waals surface area contributed by atoms with Crippen LogP contribution in [-0.2, 0) is 0 Å². The Labute approximate surface area is 307 Å². The fourth-order valence-corrected chi connectivity index (χ4v) is 14.1. The largest absolute Gasteiger partial charge is 0.478 e. The highest BCUT2D eigenvalue weighted by Gasteiger charge is 2.70. The first-order chi connectivity index (χ1) is 24.1. The summed E-state index contributed by atoms with van der Waals surface area (Å²) in [6, 6.07) is 7.68. The van der Waals surface area contributed by atoms with Crippen molar-refractivity contribution in [1.29, 1.82) is 0 Å². The number of carboxylic acids is 1. The number of urea groups is 1. The van der Waals surface area contributed by atoms with Crippen LogP contribution in [-0.4, -0.2) is 76.9 Å². The maximum absolute atomic E-state index is 14.2. The molecule has 0 bridgehead atoms. The van der Waals surface area contributed by atoms with Crippen LogP contribution in [0.4, 0.5) is 4.79 Å². The lowest BCUT2D eigenvalue weighted by Gasteiger charge is -2.72. The van der Waals surface area contributed by atoms with Crippen molar-refractivity contribution in [3.05, 3.63) is 53.6 Å². The van der Waals surface area contributed by atoms with Crippen LogP contribution in [0.3, 0.4) is 0 Å². The van der Waals surface area contributed by atoms with Gasteiger partial charge in [0.05, 0.1) is 12.2 Å². The van der Waals surface area contributed by atoms with E-state index in [1.165, 1.54) is 36.8 Å². The van der Waals surface area contributed by atoms with Gasteiger partial charge in [0.25, 0.3) is 0 Å². The van der Waals surface area contributed by atoms with Crippen LogP contribution < -0.4 is 5.32 Å². The van der Waals surface area contributed by atoms with E-state index in [1.54, 1.807) is 12.1 Å². The summed E-state index contributed by atoms with van der Waals surface area (Å²) >= 11 is 0. The van der Waals surface area contributed by atoms with Gasteiger partial charge in [-0.25, -0.2) is 9.59 Å². The van der Waals surface area contributed by atoms with E-state index in [1.807, 2.05) is 12.1 Å². The maximum atomic E-state index is 14.2. The summed E-state index contributed by atoms with van der Waals surface area (Å²) in [5.74, 6) is 1.72. The van der Waals surface area contributed by atoms with E-state index in [-0.39, 0.29) is 39.8 Å². The first-order valence-electron chi connectivity index (χ1n) is 20.2. The highest BCUT2D eigenvalue weighted by molar-refractivity contribution is 5.88. The number of rotatable bonds is 6. The topological polar surface area (TPSA) is 93.1 Å². The molecule has 5 fully saturated rings. The Morgan fingerprint density at radius 3 is 2.31 bits per heavy atom. The zero-order valence-electron chi connectivity index (χ0n) is 32.4. The molecule has 2 amide bonds. The summed E-state index contributed by atoms with van der Waals surface area (Å²) < 4.78 is 0. The smallest absolute Gasteiger partial charge is 0.335 e. The zero-order valence-corrected chi connectivity index (χ0v) is 32.4. The van der Waals surface area contributed by atoms with E-state index < -0.39 is 5.97 Å². The number of hydrogen-bond donors (Lipinski definition) is 3. The molecular formula is C44H65N3O4. The lowest BCUT2D eigenvalue weighted by atomic mass is 9.33. The molecule has 0 unspecified atom stereocenters. The Bertz CT molecular complexity index is 1570. The quantitative estimate of drug-likeness (QED) is 0.259. The van der Waals surface area contributed by atoms with Crippen molar-refractivity contribution < 1.29 is 19.8 Å². The summed E-state index contributed by atoms with van der Waals surface area (Å²) in [6.07, 6.45) is 13.8. The van der Waals surface area contributed by atoms with E-state index in [9.17, 15) is 19.8 Å². The highest BCUT2D eigenvalue weighted by atomic mass is 16.4. The number of aliphatic hydroxyl groups excluding tert-OH is 1. The number of aromatic carboxylic acids is 1. The second-order valence-electron chi connectivity index (χ2n) is 19.1. The fraction of sp³-hybridized carbons (Fsp3) is 0.727. The lowest BCUT2D eigenvalue weighted by molar-refractivity contribution is -0.218.